The molecule has 130 valence electrons. The first kappa shape index (κ1) is 15.8. The Hall–Kier alpha value is -2.68. The second kappa shape index (κ2) is 5.69. The van der Waals surface area contributed by atoms with Crippen molar-refractivity contribution >= 4 is 27.6 Å². The number of nitrogens with one attached hydrogen (secondary N) is 1. The standard InChI is InChI=1S/C16H16N4O4S/c1-10-9-14(18-24-10)17-16(21)12-6-4-8-20(12)15-11-5-2-3-7-13(11)25(22,23)19-15/h2-3,5,7,9,12H,4,6,8H2,1H3,(H,17,18,21). The van der Waals surface area contributed by atoms with Crippen molar-refractivity contribution in [2.45, 2.75) is 30.7 Å². The van der Waals surface area contributed by atoms with Crippen LogP contribution in [0.1, 0.15) is 24.2 Å². The second-order valence-electron chi connectivity index (χ2n) is 6.05. The predicted octanol–water partition coefficient (Wildman–Crippen LogP) is 1.54. The molecule has 1 aromatic heterocycles. The number of amides is 1. The van der Waals surface area contributed by atoms with Gasteiger partial charge in [0, 0.05) is 18.2 Å². The van der Waals surface area contributed by atoms with Crippen LogP contribution in [0.5, 0.6) is 0 Å². The minimum Gasteiger partial charge on any atom is -0.360 e. The molecule has 4 rings (SSSR count). The van der Waals surface area contributed by atoms with Gasteiger partial charge in [0.2, 0.25) is 5.91 Å². The third-order valence-corrected chi connectivity index (χ3v) is 5.64. The molecular formula is C16H16N4O4S. The van der Waals surface area contributed by atoms with E-state index < -0.39 is 16.1 Å². The molecule has 2 aliphatic heterocycles. The summed E-state index contributed by atoms with van der Waals surface area (Å²) in [7, 11) is -3.71. The van der Waals surface area contributed by atoms with Gasteiger partial charge in [-0.3, -0.25) is 4.79 Å². The van der Waals surface area contributed by atoms with Gasteiger partial charge in [0.05, 0.1) is 0 Å². The zero-order valence-electron chi connectivity index (χ0n) is 13.5. The monoisotopic (exact) mass is 360 g/mol. The highest BCUT2D eigenvalue weighted by molar-refractivity contribution is 7.90. The van der Waals surface area contributed by atoms with E-state index in [1.54, 1.807) is 36.1 Å². The summed E-state index contributed by atoms with van der Waals surface area (Å²) in [4.78, 5) is 14.6. The molecular weight excluding hydrogens is 344 g/mol. The number of carbonyl (C=O) groups excluding carboxylic acids is 1. The van der Waals surface area contributed by atoms with Crippen LogP contribution in [0.3, 0.4) is 0 Å². The number of nitrogens with zero attached hydrogens (tertiary/aromatic N) is 3. The van der Waals surface area contributed by atoms with Gasteiger partial charge >= 0.3 is 0 Å². The van der Waals surface area contributed by atoms with Gasteiger partial charge < -0.3 is 14.7 Å². The van der Waals surface area contributed by atoms with Crippen LogP contribution in [0.15, 0.2) is 44.1 Å². The van der Waals surface area contributed by atoms with Crippen molar-refractivity contribution in [2.75, 3.05) is 11.9 Å². The van der Waals surface area contributed by atoms with E-state index in [4.69, 9.17) is 4.52 Å². The highest BCUT2D eigenvalue weighted by atomic mass is 32.2. The Morgan fingerprint density at radius 3 is 2.92 bits per heavy atom. The summed E-state index contributed by atoms with van der Waals surface area (Å²) in [5.74, 6) is 1.02. The number of rotatable bonds is 2. The molecule has 25 heavy (non-hydrogen) atoms. The highest BCUT2D eigenvalue weighted by Gasteiger charge is 2.39. The third kappa shape index (κ3) is 2.70. The van der Waals surface area contributed by atoms with Crippen LogP contribution in [-0.2, 0) is 14.8 Å². The van der Waals surface area contributed by atoms with Gasteiger partial charge in [-0.2, -0.15) is 8.42 Å². The minimum absolute atomic E-state index is 0.184. The molecule has 8 nitrogen and oxygen atoms in total. The lowest BCUT2D eigenvalue weighted by molar-refractivity contribution is -0.119. The number of carbonyl (C=O) groups is 1. The Balaban J connectivity index is 1.63. The van der Waals surface area contributed by atoms with E-state index in [0.29, 0.717) is 35.9 Å². The quantitative estimate of drug-likeness (QED) is 0.871. The summed E-state index contributed by atoms with van der Waals surface area (Å²) in [6, 6.07) is 7.80. The first-order valence-electron chi connectivity index (χ1n) is 7.91. The summed E-state index contributed by atoms with van der Waals surface area (Å²) in [6.07, 6.45) is 1.39. The summed E-state index contributed by atoms with van der Waals surface area (Å²) < 4.78 is 33.4. The fourth-order valence-electron chi connectivity index (χ4n) is 3.22. The van der Waals surface area contributed by atoms with Crippen molar-refractivity contribution in [3.05, 3.63) is 41.7 Å². The molecule has 0 radical (unpaired) electrons. The molecule has 2 aliphatic rings. The fourth-order valence-corrected chi connectivity index (χ4v) is 4.44. The summed E-state index contributed by atoms with van der Waals surface area (Å²) in [5, 5.41) is 6.47. The average Bonchev–Trinajstić information content (AvgIpc) is 3.26. The maximum absolute atomic E-state index is 12.6. The second-order valence-corrected chi connectivity index (χ2v) is 7.62. The number of amidine groups is 1. The summed E-state index contributed by atoms with van der Waals surface area (Å²) >= 11 is 0. The van der Waals surface area contributed by atoms with Crippen LogP contribution >= 0.6 is 0 Å². The molecule has 1 saturated heterocycles. The normalized spacial score (nSPS) is 21.1. The zero-order valence-corrected chi connectivity index (χ0v) is 14.3. The summed E-state index contributed by atoms with van der Waals surface area (Å²) in [6.45, 7) is 2.30. The Morgan fingerprint density at radius 2 is 2.16 bits per heavy atom. The lowest BCUT2D eigenvalue weighted by atomic mass is 10.1. The molecule has 2 aromatic rings. The number of aryl methyl sites for hydroxylation is 1. The van der Waals surface area contributed by atoms with Gasteiger partial charge in [-0.15, -0.1) is 4.40 Å². The molecule has 1 amide bonds. The van der Waals surface area contributed by atoms with Crippen molar-refractivity contribution < 1.29 is 17.7 Å². The SMILES string of the molecule is Cc1cc(NC(=O)C2CCCN2C2=NS(=O)(=O)c3ccccc32)no1. The van der Waals surface area contributed by atoms with Gasteiger partial charge in [0.1, 0.15) is 16.7 Å². The van der Waals surface area contributed by atoms with Crippen LogP contribution in [0.2, 0.25) is 0 Å². The number of benzene rings is 1. The number of hydrogen-bond donors (Lipinski definition) is 1. The van der Waals surface area contributed by atoms with E-state index in [-0.39, 0.29) is 10.8 Å². The predicted molar refractivity (Wildman–Crippen MR) is 89.8 cm³/mol. The van der Waals surface area contributed by atoms with E-state index in [1.807, 2.05) is 0 Å². The van der Waals surface area contributed by atoms with Gasteiger partial charge in [0.15, 0.2) is 11.7 Å². The number of fused-ring (bicyclic) bond motifs is 1. The van der Waals surface area contributed by atoms with Crippen LogP contribution in [-0.4, -0.2) is 42.8 Å². The first-order chi connectivity index (χ1) is 12.0. The number of aromatic nitrogens is 1. The number of sulfonamides is 1. The summed E-state index contributed by atoms with van der Waals surface area (Å²) in [5.41, 5.74) is 0.541. The number of anilines is 1. The van der Waals surface area contributed by atoms with E-state index in [0.717, 1.165) is 6.42 Å². The lowest BCUT2D eigenvalue weighted by Gasteiger charge is -2.25. The van der Waals surface area contributed by atoms with Crippen LogP contribution in [0.4, 0.5) is 5.82 Å². The van der Waals surface area contributed by atoms with E-state index in [1.165, 1.54) is 6.07 Å². The Bertz CT molecular complexity index is 980. The van der Waals surface area contributed by atoms with Crippen molar-refractivity contribution in [1.29, 1.82) is 0 Å². The Morgan fingerprint density at radius 1 is 1.36 bits per heavy atom. The third-order valence-electron chi connectivity index (χ3n) is 4.32. The molecule has 0 spiro atoms. The van der Waals surface area contributed by atoms with Crippen LogP contribution in [0, 0.1) is 6.92 Å². The van der Waals surface area contributed by atoms with Crippen LogP contribution < -0.4 is 5.32 Å². The molecule has 0 bridgehead atoms. The molecule has 3 heterocycles. The Labute approximate surface area is 144 Å². The number of hydrogen-bond acceptors (Lipinski definition) is 6. The van der Waals surface area contributed by atoms with E-state index in [2.05, 4.69) is 14.9 Å². The highest BCUT2D eigenvalue weighted by Crippen LogP contribution is 2.31. The molecule has 9 heteroatoms. The van der Waals surface area contributed by atoms with Crippen molar-refractivity contribution in [3.63, 3.8) is 0 Å². The van der Waals surface area contributed by atoms with Crippen molar-refractivity contribution in [2.24, 2.45) is 4.40 Å². The minimum atomic E-state index is -3.71. The van der Waals surface area contributed by atoms with E-state index in [9.17, 15) is 13.2 Å². The lowest BCUT2D eigenvalue weighted by Crippen LogP contribution is -2.43. The molecule has 1 fully saturated rings. The molecule has 1 unspecified atom stereocenters. The largest absolute Gasteiger partial charge is 0.360 e. The van der Waals surface area contributed by atoms with E-state index >= 15 is 0 Å². The zero-order chi connectivity index (χ0) is 17.6. The molecule has 0 aliphatic carbocycles. The fraction of sp³-hybridized carbons (Fsp3) is 0.312. The topological polar surface area (TPSA) is 105 Å². The maximum atomic E-state index is 12.6. The molecule has 1 N–H and O–H groups in total. The van der Waals surface area contributed by atoms with Gasteiger partial charge in [0.25, 0.3) is 10.0 Å². The Kier molecular flexibility index (Phi) is 3.60. The number of likely N-dealkylation sites (tertiary alicyclic amines) is 1. The van der Waals surface area contributed by atoms with Crippen molar-refractivity contribution in [1.82, 2.24) is 10.1 Å². The van der Waals surface area contributed by atoms with Gasteiger partial charge in [-0.05, 0) is 31.9 Å². The first-order valence-corrected chi connectivity index (χ1v) is 9.35. The van der Waals surface area contributed by atoms with Gasteiger partial charge in [-0.25, -0.2) is 0 Å². The maximum Gasteiger partial charge on any atom is 0.285 e. The average molecular weight is 360 g/mol. The van der Waals surface area contributed by atoms with Gasteiger partial charge in [-0.1, -0.05) is 17.3 Å². The van der Waals surface area contributed by atoms with Crippen LogP contribution in [0.25, 0.3) is 0 Å². The molecule has 1 aromatic carbocycles. The molecule has 0 saturated carbocycles. The molecule has 1 atom stereocenters. The van der Waals surface area contributed by atoms with Crippen molar-refractivity contribution in [3.8, 4) is 0 Å². The smallest absolute Gasteiger partial charge is 0.285 e.